The summed E-state index contributed by atoms with van der Waals surface area (Å²) in [5.41, 5.74) is 5.94. The quantitative estimate of drug-likeness (QED) is 0.628. The van der Waals surface area contributed by atoms with Crippen molar-refractivity contribution in [2.24, 2.45) is 16.6 Å². The van der Waals surface area contributed by atoms with Gasteiger partial charge in [0.25, 0.3) is 0 Å². The highest BCUT2D eigenvalue weighted by Gasteiger charge is 2.13. The summed E-state index contributed by atoms with van der Waals surface area (Å²) < 4.78 is 1.94. The zero-order chi connectivity index (χ0) is 13.5. The molecule has 5 nitrogen and oxygen atoms in total. The van der Waals surface area contributed by atoms with E-state index in [4.69, 9.17) is 5.73 Å². The Balaban J connectivity index is 1.71. The van der Waals surface area contributed by atoms with Crippen LogP contribution in [-0.2, 0) is 6.54 Å². The molecule has 1 heterocycles. The van der Waals surface area contributed by atoms with Crippen molar-refractivity contribution in [1.29, 1.82) is 0 Å². The number of aliphatic imine (C=N–C) groups is 1. The minimum absolute atomic E-state index is 0.437. The van der Waals surface area contributed by atoms with Gasteiger partial charge in [-0.1, -0.05) is 26.2 Å². The summed E-state index contributed by atoms with van der Waals surface area (Å²) in [6.45, 7) is 3.79. The van der Waals surface area contributed by atoms with E-state index in [1.54, 1.807) is 6.20 Å². The first kappa shape index (κ1) is 13.9. The summed E-state index contributed by atoms with van der Waals surface area (Å²) in [5.74, 6) is 1.03. The van der Waals surface area contributed by atoms with Crippen LogP contribution in [0.15, 0.2) is 23.5 Å². The van der Waals surface area contributed by atoms with Crippen LogP contribution < -0.4 is 11.1 Å². The van der Waals surface area contributed by atoms with E-state index in [2.05, 4.69) is 22.3 Å². The number of nitrogens with two attached hydrogens (primary N) is 1. The first-order chi connectivity index (χ1) is 9.24. The third-order valence-electron chi connectivity index (χ3n) is 3.59. The van der Waals surface area contributed by atoms with Crippen LogP contribution in [0, 0.1) is 5.92 Å². The minimum Gasteiger partial charge on any atom is -0.370 e. The van der Waals surface area contributed by atoms with Crippen LogP contribution in [0.3, 0.4) is 0 Å². The smallest absolute Gasteiger partial charge is 0.188 e. The Bertz CT molecular complexity index is 379. The number of nitrogens with zero attached hydrogens (tertiary/aromatic N) is 3. The van der Waals surface area contributed by atoms with E-state index >= 15 is 0 Å². The molecule has 1 aromatic heterocycles. The molecular formula is C14H25N5. The van der Waals surface area contributed by atoms with Crippen molar-refractivity contribution in [3.63, 3.8) is 0 Å². The number of rotatable bonds is 5. The Morgan fingerprint density at radius 3 is 2.95 bits per heavy atom. The molecule has 1 atom stereocenters. The zero-order valence-electron chi connectivity index (χ0n) is 11.8. The van der Waals surface area contributed by atoms with Gasteiger partial charge in [0.15, 0.2) is 5.96 Å². The first-order valence-corrected chi connectivity index (χ1v) is 7.28. The highest BCUT2D eigenvalue weighted by molar-refractivity contribution is 5.78. The van der Waals surface area contributed by atoms with Gasteiger partial charge >= 0.3 is 0 Å². The van der Waals surface area contributed by atoms with Gasteiger partial charge < -0.3 is 11.1 Å². The number of hydrogen-bond acceptors (Lipinski definition) is 2. The van der Waals surface area contributed by atoms with Crippen molar-refractivity contribution in [3.05, 3.63) is 18.5 Å². The topological polar surface area (TPSA) is 68.2 Å². The van der Waals surface area contributed by atoms with E-state index in [0.717, 1.165) is 13.1 Å². The Kier molecular flexibility index (Phi) is 5.24. The first-order valence-electron chi connectivity index (χ1n) is 7.28. The number of guanidine groups is 1. The minimum atomic E-state index is 0.437. The molecule has 0 saturated heterocycles. The van der Waals surface area contributed by atoms with Crippen molar-refractivity contribution in [3.8, 4) is 0 Å². The number of aromatic nitrogens is 2. The monoisotopic (exact) mass is 263 g/mol. The lowest BCUT2D eigenvalue weighted by atomic mass is 9.96. The molecule has 106 valence electrons. The lowest BCUT2D eigenvalue weighted by Crippen LogP contribution is -2.41. The van der Waals surface area contributed by atoms with Gasteiger partial charge in [0.05, 0.1) is 0 Å². The maximum atomic E-state index is 5.94. The molecule has 1 aromatic rings. The van der Waals surface area contributed by atoms with Gasteiger partial charge in [0, 0.05) is 31.5 Å². The summed E-state index contributed by atoms with van der Waals surface area (Å²) >= 11 is 0. The fourth-order valence-electron chi connectivity index (χ4n) is 2.54. The number of hydrogen-bond donors (Lipinski definition) is 2. The summed E-state index contributed by atoms with van der Waals surface area (Å²) in [4.78, 5) is 4.44. The molecule has 0 aromatic carbocycles. The molecule has 0 spiro atoms. The van der Waals surface area contributed by atoms with Crippen molar-refractivity contribution in [2.45, 2.75) is 51.6 Å². The van der Waals surface area contributed by atoms with E-state index in [9.17, 15) is 0 Å². The summed E-state index contributed by atoms with van der Waals surface area (Å²) in [7, 11) is 0. The third kappa shape index (κ3) is 4.93. The summed E-state index contributed by atoms with van der Waals surface area (Å²) in [6.07, 6.45) is 10.2. The number of nitrogens with one attached hydrogen (secondary N) is 1. The predicted octanol–water partition coefficient (Wildman–Crippen LogP) is 1.76. The van der Waals surface area contributed by atoms with Gasteiger partial charge in [-0.25, -0.2) is 0 Å². The van der Waals surface area contributed by atoms with Crippen LogP contribution in [0.5, 0.6) is 0 Å². The molecule has 5 heteroatoms. The molecule has 2 rings (SSSR count). The largest absolute Gasteiger partial charge is 0.370 e. The van der Waals surface area contributed by atoms with Gasteiger partial charge in [-0.3, -0.25) is 9.67 Å². The van der Waals surface area contributed by atoms with Crippen molar-refractivity contribution >= 4 is 5.96 Å². The Morgan fingerprint density at radius 1 is 1.47 bits per heavy atom. The van der Waals surface area contributed by atoms with Crippen LogP contribution >= 0.6 is 0 Å². The maximum Gasteiger partial charge on any atom is 0.188 e. The Labute approximate surface area is 115 Å². The zero-order valence-corrected chi connectivity index (χ0v) is 11.8. The van der Waals surface area contributed by atoms with E-state index in [1.165, 1.54) is 32.1 Å². The van der Waals surface area contributed by atoms with Gasteiger partial charge in [0.1, 0.15) is 0 Å². The van der Waals surface area contributed by atoms with Gasteiger partial charge in [-0.15, -0.1) is 0 Å². The lowest BCUT2D eigenvalue weighted by molar-refractivity contribution is 0.411. The highest BCUT2D eigenvalue weighted by Crippen LogP contribution is 2.17. The lowest BCUT2D eigenvalue weighted by Gasteiger charge is -2.23. The molecule has 1 aliphatic carbocycles. The van der Waals surface area contributed by atoms with Crippen molar-refractivity contribution in [1.82, 2.24) is 15.1 Å². The normalized spacial score (nSPS) is 19.3. The van der Waals surface area contributed by atoms with E-state index in [-0.39, 0.29) is 0 Å². The van der Waals surface area contributed by atoms with Crippen molar-refractivity contribution < 1.29 is 0 Å². The molecule has 0 bridgehead atoms. The Morgan fingerprint density at radius 2 is 2.26 bits per heavy atom. The Hall–Kier alpha value is -1.52. The fourth-order valence-corrected chi connectivity index (χ4v) is 2.54. The second-order valence-corrected chi connectivity index (χ2v) is 5.54. The second kappa shape index (κ2) is 7.16. The predicted molar refractivity (Wildman–Crippen MR) is 77.9 cm³/mol. The maximum absolute atomic E-state index is 5.94. The van der Waals surface area contributed by atoms with Crippen LogP contribution in [0.2, 0.25) is 0 Å². The van der Waals surface area contributed by atoms with E-state index in [0.29, 0.717) is 17.9 Å². The van der Waals surface area contributed by atoms with Gasteiger partial charge in [0.2, 0.25) is 0 Å². The standard InChI is InChI=1S/C14H25N5/c1-12(11-19-9-5-8-17-19)10-16-14(15)18-13-6-3-2-4-7-13/h5,8-9,12-13H,2-4,6-7,10-11H2,1H3,(H3,15,16,18). The molecule has 3 N–H and O–H groups in total. The molecule has 19 heavy (non-hydrogen) atoms. The third-order valence-corrected chi connectivity index (χ3v) is 3.59. The van der Waals surface area contributed by atoms with Crippen LogP contribution in [0.25, 0.3) is 0 Å². The molecule has 0 radical (unpaired) electrons. The van der Waals surface area contributed by atoms with Gasteiger partial charge in [-0.05, 0) is 24.8 Å². The summed E-state index contributed by atoms with van der Waals surface area (Å²) in [6, 6.07) is 2.47. The molecule has 1 saturated carbocycles. The van der Waals surface area contributed by atoms with Crippen LogP contribution in [0.1, 0.15) is 39.0 Å². The second-order valence-electron chi connectivity index (χ2n) is 5.54. The SMILES string of the molecule is CC(CN=C(N)NC1CCCCC1)Cn1cccn1. The molecule has 1 aliphatic rings. The van der Waals surface area contributed by atoms with Crippen LogP contribution in [0.4, 0.5) is 0 Å². The molecule has 1 unspecified atom stereocenters. The summed E-state index contributed by atoms with van der Waals surface area (Å²) in [5, 5.41) is 7.54. The molecule has 0 aliphatic heterocycles. The highest BCUT2D eigenvalue weighted by atomic mass is 15.3. The van der Waals surface area contributed by atoms with E-state index in [1.807, 2.05) is 16.9 Å². The van der Waals surface area contributed by atoms with Gasteiger partial charge in [-0.2, -0.15) is 5.10 Å². The van der Waals surface area contributed by atoms with Crippen molar-refractivity contribution in [2.75, 3.05) is 6.54 Å². The average Bonchev–Trinajstić information content (AvgIpc) is 2.90. The van der Waals surface area contributed by atoms with E-state index < -0.39 is 0 Å². The van der Waals surface area contributed by atoms with Crippen LogP contribution in [-0.4, -0.2) is 28.3 Å². The molecule has 1 fully saturated rings. The average molecular weight is 263 g/mol. The molecular weight excluding hydrogens is 238 g/mol. The molecule has 0 amide bonds. The fraction of sp³-hybridized carbons (Fsp3) is 0.714.